The van der Waals surface area contributed by atoms with Crippen molar-refractivity contribution in [2.24, 2.45) is 0 Å². The van der Waals surface area contributed by atoms with Crippen molar-refractivity contribution in [3.05, 3.63) is 46.9 Å². The van der Waals surface area contributed by atoms with Gasteiger partial charge in [-0.2, -0.15) is 0 Å². The first-order chi connectivity index (χ1) is 9.11. The van der Waals surface area contributed by atoms with Crippen molar-refractivity contribution in [1.29, 1.82) is 0 Å². The number of aliphatic hydroxyl groups excluding tert-OH is 2. The molecular weight excluding hydrogens is 246 g/mol. The van der Waals surface area contributed by atoms with Gasteiger partial charge in [0.25, 0.3) is 11.8 Å². The van der Waals surface area contributed by atoms with Gasteiger partial charge in [-0.25, -0.2) is 0 Å². The average Bonchev–Trinajstić information content (AvgIpc) is 2.67. The molecule has 2 N–H and O–H groups in total. The number of fused-ring (bicyclic) bond motifs is 1. The number of amides is 2. The van der Waals surface area contributed by atoms with Crippen LogP contribution in [0.25, 0.3) is 0 Å². The van der Waals surface area contributed by atoms with Gasteiger partial charge in [-0.3, -0.25) is 14.5 Å². The molecule has 1 atom stereocenters. The Morgan fingerprint density at radius 3 is 2.21 bits per heavy atom. The van der Waals surface area contributed by atoms with Crippen LogP contribution in [-0.4, -0.2) is 33.0 Å². The zero-order chi connectivity index (χ0) is 13.6. The number of imide groups is 1. The molecule has 0 saturated carbocycles. The second-order valence-corrected chi connectivity index (χ2v) is 4.77. The summed E-state index contributed by atoms with van der Waals surface area (Å²) in [6.07, 6.45) is 1.49. The lowest BCUT2D eigenvalue weighted by Gasteiger charge is -2.28. The molecule has 0 fully saturated rings. The van der Waals surface area contributed by atoms with E-state index in [9.17, 15) is 19.8 Å². The Bertz CT molecular complexity index is 570. The molecule has 0 bridgehead atoms. The highest BCUT2D eigenvalue weighted by Crippen LogP contribution is 2.32. The number of nitrogens with zero attached hydrogens (tertiary/aromatic N) is 1. The maximum atomic E-state index is 12.2. The van der Waals surface area contributed by atoms with Gasteiger partial charge < -0.3 is 10.2 Å². The molecule has 5 heteroatoms. The van der Waals surface area contributed by atoms with Crippen molar-refractivity contribution in [2.45, 2.75) is 25.3 Å². The topological polar surface area (TPSA) is 77.8 Å². The number of benzene rings is 1. The summed E-state index contributed by atoms with van der Waals surface area (Å²) in [5.74, 6) is -1.22. The predicted octanol–water partition coefficient (Wildman–Crippen LogP) is 2.16. The number of carbonyl (C=O) groups is 2. The molecule has 2 aliphatic rings. The normalized spacial score (nSPS) is 22.9. The fourth-order valence-electron chi connectivity index (χ4n) is 2.66. The highest BCUT2D eigenvalue weighted by atomic mass is 16.3. The van der Waals surface area contributed by atoms with Crippen molar-refractivity contribution < 1.29 is 19.8 Å². The predicted molar refractivity (Wildman–Crippen MR) is 66.9 cm³/mol. The van der Waals surface area contributed by atoms with E-state index in [1.165, 1.54) is 0 Å². The molecule has 5 nitrogen and oxygen atoms in total. The van der Waals surface area contributed by atoms with Crippen LogP contribution in [0, 0.1) is 0 Å². The van der Waals surface area contributed by atoms with Crippen LogP contribution in [0.15, 0.2) is 35.8 Å². The van der Waals surface area contributed by atoms with Gasteiger partial charge in [-0.15, -0.1) is 0 Å². The average molecular weight is 259 g/mol. The molecule has 0 spiro atoms. The molecule has 0 radical (unpaired) electrons. The van der Waals surface area contributed by atoms with E-state index in [1.807, 2.05) is 0 Å². The Hall–Kier alpha value is -2.30. The monoisotopic (exact) mass is 259 g/mol. The van der Waals surface area contributed by atoms with E-state index < -0.39 is 17.9 Å². The van der Waals surface area contributed by atoms with Gasteiger partial charge in [-0.05, 0) is 25.0 Å². The third kappa shape index (κ3) is 1.62. The smallest absolute Gasteiger partial charge is 0.262 e. The molecule has 98 valence electrons. The van der Waals surface area contributed by atoms with E-state index in [0.29, 0.717) is 30.4 Å². The number of hydrogen-bond donors (Lipinski definition) is 2. The Morgan fingerprint density at radius 1 is 1.05 bits per heavy atom. The lowest BCUT2D eigenvalue weighted by Crippen LogP contribution is -2.42. The minimum absolute atomic E-state index is 0.132. The van der Waals surface area contributed by atoms with Gasteiger partial charge in [-0.1, -0.05) is 12.1 Å². The first kappa shape index (κ1) is 11.8. The molecule has 2 amide bonds. The standard InChI is InChI=1S/C14H13NO4/c16-11-7-3-6-10(12(11)17)15-13(18)8-4-1-2-5-9(8)14(15)19/h1-2,4-5,10,16-17H,3,6-7H2/t10-/m1/s1. The van der Waals surface area contributed by atoms with E-state index in [4.69, 9.17) is 0 Å². The number of rotatable bonds is 1. The van der Waals surface area contributed by atoms with Crippen molar-refractivity contribution in [3.8, 4) is 0 Å². The second kappa shape index (κ2) is 4.12. The van der Waals surface area contributed by atoms with Crippen LogP contribution in [0.2, 0.25) is 0 Å². The molecule has 1 aromatic carbocycles. The summed E-state index contributed by atoms with van der Waals surface area (Å²) in [5.41, 5.74) is 0.704. The maximum absolute atomic E-state index is 12.2. The lowest BCUT2D eigenvalue weighted by atomic mass is 9.98. The molecule has 1 aliphatic carbocycles. The fourth-order valence-corrected chi connectivity index (χ4v) is 2.66. The van der Waals surface area contributed by atoms with Gasteiger partial charge >= 0.3 is 0 Å². The Kier molecular flexibility index (Phi) is 2.55. The van der Waals surface area contributed by atoms with E-state index in [2.05, 4.69) is 0 Å². The molecule has 0 saturated heterocycles. The summed E-state index contributed by atoms with van der Waals surface area (Å²) in [5, 5.41) is 19.5. The molecule has 0 aromatic heterocycles. The van der Waals surface area contributed by atoms with Crippen molar-refractivity contribution in [2.75, 3.05) is 0 Å². The van der Waals surface area contributed by atoms with Crippen LogP contribution in [0.5, 0.6) is 0 Å². The molecule has 1 heterocycles. The van der Waals surface area contributed by atoms with Crippen LogP contribution in [0.4, 0.5) is 0 Å². The highest BCUT2D eigenvalue weighted by molar-refractivity contribution is 6.21. The molecule has 1 aliphatic heterocycles. The SMILES string of the molecule is O=C1c2ccccc2C(=O)N1[C@@H]1CCCC(O)=C1O. The summed E-state index contributed by atoms with van der Waals surface area (Å²) >= 11 is 0. The summed E-state index contributed by atoms with van der Waals surface area (Å²) in [7, 11) is 0. The van der Waals surface area contributed by atoms with Crippen LogP contribution >= 0.6 is 0 Å². The lowest BCUT2D eigenvalue weighted by molar-refractivity contribution is 0.0543. The highest BCUT2D eigenvalue weighted by Gasteiger charge is 2.42. The molecule has 3 rings (SSSR count). The summed E-state index contributed by atoms with van der Waals surface area (Å²) in [6.45, 7) is 0. The third-order valence-electron chi connectivity index (χ3n) is 3.64. The first-order valence-corrected chi connectivity index (χ1v) is 6.19. The van der Waals surface area contributed by atoms with Crippen LogP contribution in [0.3, 0.4) is 0 Å². The third-order valence-corrected chi connectivity index (χ3v) is 3.64. The van der Waals surface area contributed by atoms with Gasteiger partial charge in [0.15, 0.2) is 5.76 Å². The number of allylic oxidation sites excluding steroid dienone is 1. The molecule has 1 aromatic rings. The van der Waals surface area contributed by atoms with Crippen LogP contribution in [-0.2, 0) is 0 Å². The van der Waals surface area contributed by atoms with E-state index in [0.717, 1.165) is 4.90 Å². The van der Waals surface area contributed by atoms with Crippen LogP contribution < -0.4 is 0 Å². The number of hydrogen-bond acceptors (Lipinski definition) is 4. The Balaban J connectivity index is 2.03. The van der Waals surface area contributed by atoms with E-state index in [-0.39, 0.29) is 11.5 Å². The second-order valence-electron chi connectivity index (χ2n) is 4.77. The Morgan fingerprint density at radius 2 is 1.63 bits per heavy atom. The quantitative estimate of drug-likeness (QED) is 0.757. The largest absolute Gasteiger partial charge is 0.509 e. The molecular formula is C14H13NO4. The van der Waals surface area contributed by atoms with Crippen molar-refractivity contribution >= 4 is 11.8 Å². The molecule has 0 unspecified atom stereocenters. The summed E-state index contributed by atoms with van der Waals surface area (Å²) in [4.78, 5) is 25.5. The Labute approximate surface area is 109 Å². The van der Waals surface area contributed by atoms with Gasteiger partial charge in [0, 0.05) is 6.42 Å². The van der Waals surface area contributed by atoms with E-state index in [1.54, 1.807) is 24.3 Å². The van der Waals surface area contributed by atoms with Crippen LogP contribution in [0.1, 0.15) is 40.0 Å². The van der Waals surface area contributed by atoms with Gasteiger partial charge in [0.2, 0.25) is 0 Å². The van der Waals surface area contributed by atoms with Gasteiger partial charge in [0.05, 0.1) is 11.1 Å². The summed E-state index contributed by atoms with van der Waals surface area (Å²) in [6, 6.07) is 5.84. The van der Waals surface area contributed by atoms with Crippen molar-refractivity contribution in [3.63, 3.8) is 0 Å². The molecule has 19 heavy (non-hydrogen) atoms. The zero-order valence-electron chi connectivity index (χ0n) is 10.2. The maximum Gasteiger partial charge on any atom is 0.262 e. The minimum Gasteiger partial charge on any atom is -0.509 e. The summed E-state index contributed by atoms with van der Waals surface area (Å²) < 4.78 is 0. The van der Waals surface area contributed by atoms with E-state index >= 15 is 0 Å². The first-order valence-electron chi connectivity index (χ1n) is 6.19. The number of carbonyl (C=O) groups excluding carboxylic acids is 2. The van der Waals surface area contributed by atoms with Crippen molar-refractivity contribution in [1.82, 2.24) is 4.90 Å². The van der Waals surface area contributed by atoms with Gasteiger partial charge in [0.1, 0.15) is 11.8 Å². The minimum atomic E-state index is -0.749. The number of aliphatic hydroxyl groups is 2. The fraction of sp³-hybridized carbons (Fsp3) is 0.286. The zero-order valence-corrected chi connectivity index (χ0v) is 10.2.